The highest BCUT2D eigenvalue weighted by Gasteiger charge is 2.30. The Morgan fingerprint density at radius 2 is 1.95 bits per heavy atom. The molecule has 0 amide bonds. The first-order valence-electron chi connectivity index (χ1n) is 5.11. The van der Waals surface area contributed by atoms with Gasteiger partial charge in [-0.05, 0) is 6.07 Å². The van der Waals surface area contributed by atoms with E-state index in [-0.39, 0.29) is 16.7 Å². The molecular formula is C9H12ClN3O7S. The highest BCUT2D eigenvalue weighted by molar-refractivity contribution is 7.87. The van der Waals surface area contributed by atoms with Crippen LogP contribution in [0.1, 0.15) is 0 Å². The fourth-order valence-electron chi connectivity index (χ4n) is 1.40. The minimum atomic E-state index is -4.92. The summed E-state index contributed by atoms with van der Waals surface area (Å²) in [5.74, 6) is -1.52. The van der Waals surface area contributed by atoms with Crippen LogP contribution in [0, 0.1) is 10.1 Å². The van der Waals surface area contributed by atoms with Gasteiger partial charge >= 0.3 is 16.3 Å². The molecule has 1 atom stereocenters. The topological polar surface area (TPSA) is 164 Å². The molecule has 0 aliphatic heterocycles. The predicted octanol–water partition coefficient (Wildman–Crippen LogP) is 0.0377. The molecule has 1 rings (SSSR count). The van der Waals surface area contributed by atoms with Crippen molar-refractivity contribution in [2.75, 3.05) is 10.8 Å². The summed E-state index contributed by atoms with van der Waals surface area (Å²) in [7, 11) is -4.92. The number of nitro groups is 1. The van der Waals surface area contributed by atoms with E-state index in [1.807, 2.05) is 0 Å². The van der Waals surface area contributed by atoms with Crippen molar-refractivity contribution in [2.45, 2.75) is 6.04 Å². The average molecular weight is 342 g/mol. The summed E-state index contributed by atoms with van der Waals surface area (Å²) in [6, 6.07) is 3.00. The first-order valence-corrected chi connectivity index (χ1v) is 6.51. The number of nitrogens with two attached hydrogens (primary N) is 1. The summed E-state index contributed by atoms with van der Waals surface area (Å²) in [5.41, 5.74) is 4.11. The van der Waals surface area contributed by atoms with E-state index >= 15 is 0 Å². The van der Waals surface area contributed by atoms with E-state index in [1.54, 1.807) is 0 Å². The van der Waals surface area contributed by atoms with Crippen LogP contribution in [0.4, 0.5) is 11.4 Å². The third-order valence-electron chi connectivity index (χ3n) is 2.31. The van der Waals surface area contributed by atoms with Crippen molar-refractivity contribution >= 4 is 40.1 Å². The first kappa shape index (κ1) is 19.1. The van der Waals surface area contributed by atoms with Crippen LogP contribution in [0.5, 0.6) is 0 Å². The second-order valence-electron chi connectivity index (χ2n) is 3.70. The smallest absolute Gasteiger partial charge is 0.360 e. The standard InChI is InChI=1S/C9H11N3O7S.ClH/c10-6(9(13)14)5-11(20(17,18)19)7-3-1-2-4-8(7)12(15)16;/h1-4,6H,5,10H2,(H,13,14)(H,17,18,19);1H. The number of carboxylic acids is 1. The first-order chi connectivity index (χ1) is 9.14. The summed E-state index contributed by atoms with van der Waals surface area (Å²) >= 11 is 0. The molecule has 0 aromatic heterocycles. The van der Waals surface area contributed by atoms with Crippen LogP contribution in [-0.2, 0) is 15.1 Å². The fraction of sp³-hybridized carbons (Fsp3) is 0.222. The Bertz CT molecular complexity index is 636. The summed E-state index contributed by atoms with van der Waals surface area (Å²) in [4.78, 5) is 20.6. The molecule has 118 valence electrons. The number of nitrogens with zero attached hydrogens (tertiary/aromatic N) is 2. The molecule has 10 nitrogen and oxygen atoms in total. The summed E-state index contributed by atoms with van der Waals surface area (Å²) in [5, 5.41) is 19.5. The van der Waals surface area contributed by atoms with Gasteiger partial charge in [-0.25, -0.2) is 4.31 Å². The lowest BCUT2D eigenvalue weighted by Gasteiger charge is -2.22. The van der Waals surface area contributed by atoms with Gasteiger partial charge in [0.05, 0.1) is 11.5 Å². The second-order valence-corrected chi connectivity index (χ2v) is 5.04. The van der Waals surface area contributed by atoms with Gasteiger partial charge in [-0.3, -0.25) is 19.5 Å². The van der Waals surface area contributed by atoms with E-state index in [0.29, 0.717) is 0 Å². The van der Waals surface area contributed by atoms with Crippen LogP contribution >= 0.6 is 12.4 Å². The summed E-state index contributed by atoms with van der Waals surface area (Å²) < 4.78 is 31.8. The Labute approximate surface area is 125 Å². The summed E-state index contributed by atoms with van der Waals surface area (Å²) in [6.45, 7) is -0.848. The van der Waals surface area contributed by atoms with Crippen molar-refractivity contribution in [3.05, 3.63) is 34.4 Å². The highest BCUT2D eigenvalue weighted by atomic mass is 35.5. The number of benzene rings is 1. The van der Waals surface area contributed by atoms with Gasteiger partial charge in [-0.15, -0.1) is 12.4 Å². The second kappa shape index (κ2) is 7.17. The molecule has 0 spiro atoms. The molecule has 4 N–H and O–H groups in total. The zero-order chi connectivity index (χ0) is 15.5. The van der Waals surface area contributed by atoms with Crippen molar-refractivity contribution in [3.8, 4) is 0 Å². The van der Waals surface area contributed by atoms with Gasteiger partial charge < -0.3 is 10.8 Å². The van der Waals surface area contributed by atoms with Crippen molar-refractivity contribution in [3.63, 3.8) is 0 Å². The molecule has 21 heavy (non-hydrogen) atoms. The largest absolute Gasteiger partial charge is 0.480 e. The van der Waals surface area contributed by atoms with E-state index in [9.17, 15) is 23.3 Å². The maximum atomic E-state index is 11.3. The number of nitro benzene ring substituents is 1. The minimum Gasteiger partial charge on any atom is -0.480 e. The van der Waals surface area contributed by atoms with Crippen LogP contribution in [0.3, 0.4) is 0 Å². The van der Waals surface area contributed by atoms with Gasteiger partial charge in [0, 0.05) is 6.07 Å². The number of hydrogen-bond donors (Lipinski definition) is 3. The van der Waals surface area contributed by atoms with Crippen molar-refractivity contribution in [2.24, 2.45) is 5.73 Å². The third kappa shape index (κ3) is 4.82. The molecule has 0 fully saturated rings. The molecule has 0 heterocycles. The lowest BCUT2D eigenvalue weighted by Crippen LogP contribution is -2.45. The lowest BCUT2D eigenvalue weighted by atomic mass is 10.2. The highest BCUT2D eigenvalue weighted by Crippen LogP contribution is 2.29. The number of para-hydroxylation sites is 2. The maximum Gasteiger partial charge on any atom is 0.360 e. The molecule has 0 radical (unpaired) electrons. The van der Waals surface area contributed by atoms with Gasteiger partial charge in [0.2, 0.25) is 0 Å². The zero-order valence-electron chi connectivity index (χ0n) is 10.3. The number of carboxylic acid groups (broad SMARTS) is 1. The van der Waals surface area contributed by atoms with Gasteiger partial charge in [0.15, 0.2) is 0 Å². The number of carbonyl (C=O) groups is 1. The van der Waals surface area contributed by atoms with Crippen LogP contribution in [0.15, 0.2) is 24.3 Å². The quantitative estimate of drug-likeness (QED) is 0.370. The minimum absolute atomic E-state index is 0. The monoisotopic (exact) mass is 341 g/mol. The molecule has 0 aliphatic rings. The molecule has 1 aromatic rings. The van der Waals surface area contributed by atoms with Crippen LogP contribution < -0.4 is 10.0 Å². The van der Waals surface area contributed by atoms with E-state index < -0.39 is 45.2 Å². The Kier molecular flexibility index (Phi) is 6.51. The molecule has 0 aliphatic carbocycles. The van der Waals surface area contributed by atoms with E-state index in [1.165, 1.54) is 12.1 Å². The Morgan fingerprint density at radius 1 is 1.43 bits per heavy atom. The van der Waals surface area contributed by atoms with Crippen molar-refractivity contribution in [1.29, 1.82) is 0 Å². The normalized spacial score (nSPS) is 12.1. The van der Waals surface area contributed by atoms with Gasteiger partial charge in [0.1, 0.15) is 11.7 Å². The van der Waals surface area contributed by atoms with Gasteiger partial charge in [-0.2, -0.15) is 8.42 Å². The number of aliphatic carboxylic acids is 1. The van der Waals surface area contributed by atoms with Crippen LogP contribution in [0.2, 0.25) is 0 Å². The number of hydrogen-bond acceptors (Lipinski definition) is 6. The molecule has 0 saturated heterocycles. The molecule has 0 saturated carbocycles. The molecule has 12 heteroatoms. The number of anilines is 1. The Morgan fingerprint density at radius 3 is 2.38 bits per heavy atom. The molecule has 0 bridgehead atoms. The van der Waals surface area contributed by atoms with E-state index in [4.69, 9.17) is 15.4 Å². The van der Waals surface area contributed by atoms with Crippen LogP contribution in [-0.4, -0.2) is 41.6 Å². The Hall–Kier alpha value is -1.95. The van der Waals surface area contributed by atoms with Gasteiger partial charge in [0.25, 0.3) is 5.69 Å². The van der Waals surface area contributed by atoms with Crippen molar-refractivity contribution in [1.82, 2.24) is 0 Å². The Balaban J connectivity index is 0.00000400. The maximum absolute atomic E-state index is 11.3. The number of rotatable bonds is 6. The fourth-order valence-corrected chi connectivity index (χ4v) is 2.15. The third-order valence-corrected chi connectivity index (χ3v) is 3.21. The predicted molar refractivity (Wildman–Crippen MR) is 74.9 cm³/mol. The zero-order valence-corrected chi connectivity index (χ0v) is 12.0. The molecule has 1 unspecified atom stereocenters. The van der Waals surface area contributed by atoms with E-state index in [0.717, 1.165) is 12.1 Å². The molecule has 1 aromatic carbocycles. The SMILES string of the molecule is Cl.NC(CN(c1ccccc1[N+](=O)[O-])S(=O)(=O)O)C(=O)O. The lowest BCUT2D eigenvalue weighted by molar-refractivity contribution is -0.384. The van der Waals surface area contributed by atoms with Gasteiger partial charge in [-0.1, -0.05) is 12.1 Å². The molecular weight excluding hydrogens is 330 g/mol. The number of halogens is 1. The summed E-state index contributed by atoms with van der Waals surface area (Å²) in [6.07, 6.45) is 0. The average Bonchev–Trinajstić information content (AvgIpc) is 2.33. The van der Waals surface area contributed by atoms with E-state index in [2.05, 4.69) is 0 Å². The van der Waals surface area contributed by atoms with Crippen molar-refractivity contribution < 1.29 is 27.8 Å². The van der Waals surface area contributed by atoms with Crippen LogP contribution in [0.25, 0.3) is 0 Å².